The number of para-hydroxylation sites is 2. The van der Waals surface area contributed by atoms with Gasteiger partial charge < -0.3 is 20.3 Å². The van der Waals surface area contributed by atoms with E-state index in [0.29, 0.717) is 17.0 Å². The summed E-state index contributed by atoms with van der Waals surface area (Å²) >= 11 is 0. The van der Waals surface area contributed by atoms with Crippen LogP contribution in [-0.4, -0.2) is 54.9 Å². The Kier molecular flexibility index (Phi) is 5.39. The van der Waals surface area contributed by atoms with Gasteiger partial charge in [0.15, 0.2) is 6.10 Å². The summed E-state index contributed by atoms with van der Waals surface area (Å²) in [5, 5.41) is 7.23. The minimum Gasteiger partial charge on any atom is -0.477 e. The number of hydrogen-bond acceptors (Lipinski definition) is 5. The van der Waals surface area contributed by atoms with Gasteiger partial charge >= 0.3 is 6.03 Å². The van der Waals surface area contributed by atoms with Crippen LogP contribution in [0.5, 0.6) is 5.75 Å². The van der Waals surface area contributed by atoms with Gasteiger partial charge in [0, 0.05) is 7.05 Å². The molecule has 35 heavy (non-hydrogen) atoms. The Bertz CT molecular complexity index is 1370. The molecule has 0 spiro atoms. The minimum atomic E-state index is -1.31. The number of nitrogens with zero attached hydrogens (tertiary/aromatic N) is 2. The topological polar surface area (TPSA) is 108 Å². The molecule has 2 atom stereocenters. The van der Waals surface area contributed by atoms with Crippen molar-refractivity contribution in [1.29, 1.82) is 0 Å². The van der Waals surface area contributed by atoms with E-state index in [9.17, 15) is 19.2 Å². The molecule has 0 bridgehead atoms. The fourth-order valence-corrected chi connectivity index (χ4v) is 4.53. The Hall–Kier alpha value is -4.40. The number of amides is 5. The molecule has 2 N–H and O–H groups in total. The second kappa shape index (κ2) is 8.43. The Morgan fingerprint density at radius 3 is 2.54 bits per heavy atom. The van der Waals surface area contributed by atoms with Gasteiger partial charge in [0.1, 0.15) is 17.8 Å². The quantitative estimate of drug-likeness (QED) is 0.566. The van der Waals surface area contributed by atoms with Crippen LogP contribution in [-0.2, 0) is 19.9 Å². The maximum atomic E-state index is 13.4. The molecule has 2 aliphatic heterocycles. The van der Waals surface area contributed by atoms with Crippen LogP contribution in [0.15, 0.2) is 66.7 Å². The van der Waals surface area contributed by atoms with Gasteiger partial charge in [0.05, 0.1) is 12.2 Å². The number of urea groups is 1. The highest BCUT2D eigenvalue weighted by atomic mass is 16.5. The van der Waals surface area contributed by atoms with Crippen molar-refractivity contribution in [3.8, 4) is 5.75 Å². The molecule has 3 aromatic carbocycles. The number of ether oxygens (including phenoxy) is 1. The number of imide groups is 1. The standard InChI is InChI=1S/C26H24N4O5/c1-26(18-12-11-16-7-3-4-8-17(16)13-18)24(33)30(25(34)28-26)15-22(31)29-14-21(23(32)27-2)35-20-10-6-5-9-19(20)29/h3-13,21H,14-15H2,1-2H3,(H,27,32)(H,28,34)/t21-,26-/m1/s1. The van der Waals surface area contributed by atoms with Crippen molar-refractivity contribution in [3.63, 3.8) is 0 Å². The lowest BCUT2D eigenvalue weighted by atomic mass is 9.90. The van der Waals surface area contributed by atoms with E-state index in [1.807, 2.05) is 36.4 Å². The largest absolute Gasteiger partial charge is 0.477 e. The van der Waals surface area contributed by atoms with E-state index in [0.717, 1.165) is 15.7 Å². The number of carbonyl (C=O) groups excluding carboxylic acids is 4. The van der Waals surface area contributed by atoms with Gasteiger partial charge in [-0.25, -0.2) is 4.79 Å². The zero-order valence-electron chi connectivity index (χ0n) is 19.3. The SMILES string of the molecule is CNC(=O)[C@H]1CN(C(=O)CN2C(=O)N[C@](C)(c3ccc4ccccc4c3)C2=O)c2ccccc2O1. The molecule has 9 nitrogen and oxygen atoms in total. The van der Waals surface area contributed by atoms with E-state index in [-0.39, 0.29) is 12.5 Å². The molecular weight excluding hydrogens is 448 g/mol. The van der Waals surface area contributed by atoms with Crippen molar-refractivity contribution in [2.24, 2.45) is 0 Å². The van der Waals surface area contributed by atoms with Crippen molar-refractivity contribution in [1.82, 2.24) is 15.5 Å². The van der Waals surface area contributed by atoms with E-state index < -0.39 is 36.0 Å². The summed E-state index contributed by atoms with van der Waals surface area (Å²) in [5.74, 6) is -1.02. The van der Waals surface area contributed by atoms with Crippen molar-refractivity contribution in [3.05, 3.63) is 72.3 Å². The Morgan fingerprint density at radius 2 is 1.77 bits per heavy atom. The first kappa shape index (κ1) is 22.4. The molecule has 0 aliphatic carbocycles. The summed E-state index contributed by atoms with van der Waals surface area (Å²) in [5.41, 5.74) is -0.211. The van der Waals surface area contributed by atoms with Crippen LogP contribution in [0.25, 0.3) is 10.8 Å². The average Bonchev–Trinajstić information content (AvgIpc) is 3.10. The third-order valence-electron chi connectivity index (χ3n) is 6.51. The number of fused-ring (bicyclic) bond motifs is 2. The van der Waals surface area contributed by atoms with Gasteiger partial charge in [-0.15, -0.1) is 0 Å². The molecule has 2 aliphatic rings. The fraction of sp³-hybridized carbons (Fsp3) is 0.231. The van der Waals surface area contributed by atoms with E-state index >= 15 is 0 Å². The maximum Gasteiger partial charge on any atom is 0.325 e. The van der Waals surface area contributed by atoms with Crippen LogP contribution in [0.1, 0.15) is 12.5 Å². The van der Waals surface area contributed by atoms with Crippen LogP contribution >= 0.6 is 0 Å². The Morgan fingerprint density at radius 1 is 1.06 bits per heavy atom. The third-order valence-corrected chi connectivity index (χ3v) is 6.51. The molecule has 3 aromatic rings. The molecule has 5 rings (SSSR count). The highest BCUT2D eigenvalue weighted by Gasteiger charge is 2.50. The fourth-order valence-electron chi connectivity index (χ4n) is 4.53. The normalized spacial score (nSPS) is 21.4. The van der Waals surface area contributed by atoms with Gasteiger partial charge in [0.2, 0.25) is 5.91 Å². The van der Waals surface area contributed by atoms with Crippen molar-refractivity contribution in [2.45, 2.75) is 18.6 Å². The first-order valence-corrected chi connectivity index (χ1v) is 11.2. The molecule has 9 heteroatoms. The molecule has 0 radical (unpaired) electrons. The second-order valence-electron chi connectivity index (χ2n) is 8.70. The van der Waals surface area contributed by atoms with E-state index in [1.54, 1.807) is 37.3 Å². The van der Waals surface area contributed by atoms with Gasteiger partial charge in [-0.3, -0.25) is 19.3 Å². The molecule has 0 aromatic heterocycles. The second-order valence-corrected chi connectivity index (χ2v) is 8.70. The maximum absolute atomic E-state index is 13.4. The number of carbonyl (C=O) groups is 4. The monoisotopic (exact) mass is 472 g/mol. The summed E-state index contributed by atoms with van der Waals surface area (Å²) in [6.45, 7) is 1.12. The molecule has 2 heterocycles. The minimum absolute atomic E-state index is 0.0406. The van der Waals surface area contributed by atoms with Gasteiger partial charge in [-0.2, -0.15) is 0 Å². The van der Waals surface area contributed by atoms with Crippen LogP contribution in [0.3, 0.4) is 0 Å². The lowest BCUT2D eigenvalue weighted by Crippen LogP contribution is -2.52. The van der Waals surface area contributed by atoms with Crippen LogP contribution in [0.2, 0.25) is 0 Å². The predicted octanol–water partition coefficient (Wildman–Crippen LogP) is 2.15. The summed E-state index contributed by atoms with van der Waals surface area (Å²) in [6, 6.07) is 19.5. The highest BCUT2D eigenvalue weighted by Crippen LogP contribution is 2.34. The van der Waals surface area contributed by atoms with E-state index in [1.165, 1.54) is 11.9 Å². The van der Waals surface area contributed by atoms with Crippen LogP contribution < -0.4 is 20.3 Å². The van der Waals surface area contributed by atoms with Gasteiger partial charge in [0.25, 0.3) is 11.8 Å². The van der Waals surface area contributed by atoms with Crippen molar-refractivity contribution >= 4 is 40.2 Å². The number of rotatable bonds is 4. The summed E-state index contributed by atoms with van der Waals surface area (Å²) in [7, 11) is 1.49. The van der Waals surface area contributed by atoms with Crippen molar-refractivity contribution in [2.75, 3.05) is 25.0 Å². The summed E-state index contributed by atoms with van der Waals surface area (Å²) in [4.78, 5) is 54.2. The summed E-state index contributed by atoms with van der Waals surface area (Å²) < 4.78 is 5.74. The van der Waals surface area contributed by atoms with Crippen LogP contribution in [0.4, 0.5) is 10.5 Å². The highest BCUT2D eigenvalue weighted by molar-refractivity contribution is 6.11. The first-order chi connectivity index (χ1) is 16.8. The predicted molar refractivity (Wildman–Crippen MR) is 129 cm³/mol. The zero-order chi connectivity index (χ0) is 24.7. The molecule has 1 saturated heterocycles. The molecular formula is C26H24N4O5. The van der Waals surface area contributed by atoms with E-state index in [4.69, 9.17) is 4.74 Å². The Labute approximate surface area is 201 Å². The first-order valence-electron chi connectivity index (χ1n) is 11.2. The smallest absolute Gasteiger partial charge is 0.325 e. The number of benzene rings is 3. The zero-order valence-corrected chi connectivity index (χ0v) is 19.3. The number of hydrogen-bond donors (Lipinski definition) is 2. The molecule has 1 fully saturated rings. The van der Waals surface area contributed by atoms with Gasteiger partial charge in [-0.05, 0) is 41.5 Å². The lowest BCUT2D eigenvalue weighted by Gasteiger charge is -2.34. The molecule has 0 unspecified atom stereocenters. The van der Waals surface area contributed by atoms with E-state index in [2.05, 4.69) is 10.6 Å². The number of likely N-dealkylation sites (N-methyl/N-ethyl adjacent to an activating group) is 1. The third kappa shape index (κ3) is 3.74. The molecule has 0 saturated carbocycles. The molecule has 5 amide bonds. The van der Waals surface area contributed by atoms with Gasteiger partial charge in [-0.1, -0.05) is 48.5 Å². The summed E-state index contributed by atoms with van der Waals surface area (Å²) in [6.07, 6.45) is -0.912. The van der Waals surface area contributed by atoms with Crippen molar-refractivity contribution < 1.29 is 23.9 Å². The lowest BCUT2D eigenvalue weighted by molar-refractivity contribution is -0.134. The Balaban J connectivity index is 1.41. The van der Waals surface area contributed by atoms with Crippen LogP contribution in [0, 0.1) is 0 Å². The average molecular weight is 473 g/mol. The number of nitrogens with one attached hydrogen (secondary N) is 2. The molecule has 178 valence electrons. The number of anilines is 1.